The van der Waals surface area contributed by atoms with Crippen LogP contribution >= 0.6 is 0 Å². The van der Waals surface area contributed by atoms with Gasteiger partial charge in [-0.1, -0.05) is 26.0 Å². The van der Waals surface area contributed by atoms with Gasteiger partial charge in [-0.05, 0) is 75.3 Å². The topological polar surface area (TPSA) is 160 Å². The summed E-state index contributed by atoms with van der Waals surface area (Å²) in [4.78, 5) is 55.3. The molecule has 2 saturated heterocycles. The summed E-state index contributed by atoms with van der Waals surface area (Å²) in [6, 6.07) is 4.48. The Bertz CT molecular complexity index is 1870. The first-order valence-electron chi connectivity index (χ1n) is 18.6. The molecule has 1 aromatic heterocycles. The van der Waals surface area contributed by atoms with Crippen LogP contribution in [-0.4, -0.2) is 96.9 Å². The number of allylic oxidation sites excluding steroid dienone is 1. The number of methoxy groups -OCH3 is 1. The molecular formula is C37H49FN6O7S. The van der Waals surface area contributed by atoms with E-state index in [1.54, 1.807) is 13.2 Å². The first kappa shape index (κ1) is 36.4. The molecule has 6 atom stereocenters. The minimum atomic E-state index is -4.32. The largest absolute Gasteiger partial charge is 0.497 e. The minimum Gasteiger partial charge on any atom is -0.497 e. The van der Waals surface area contributed by atoms with Gasteiger partial charge in [-0.25, -0.2) is 17.8 Å². The summed E-state index contributed by atoms with van der Waals surface area (Å²) in [7, 11) is -2.73. The average Bonchev–Trinajstić information content (AvgIpc) is 3.92. The Hall–Kier alpha value is -4.01. The molecule has 7 rings (SSSR count). The summed E-state index contributed by atoms with van der Waals surface area (Å²) < 4.78 is 52.5. The number of sulfonamides is 1. The Kier molecular flexibility index (Phi) is 9.85. The van der Waals surface area contributed by atoms with Crippen molar-refractivity contribution in [2.75, 3.05) is 38.3 Å². The Morgan fingerprint density at radius 3 is 2.60 bits per heavy atom. The highest BCUT2D eigenvalue weighted by Gasteiger charge is 2.64. The molecule has 0 bridgehead atoms. The van der Waals surface area contributed by atoms with E-state index in [2.05, 4.69) is 21.9 Å². The van der Waals surface area contributed by atoms with Crippen LogP contribution in [0.1, 0.15) is 78.1 Å². The molecule has 4 heterocycles. The highest BCUT2D eigenvalue weighted by atomic mass is 32.2. The minimum absolute atomic E-state index is 0.0741. The van der Waals surface area contributed by atoms with Crippen molar-refractivity contribution in [3.05, 3.63) is 30.4 Å². The van der Waals surface area contributed by atoms with Gasteiger partial charge in [0.15, 0.2) is 0 Å². The van der Waals surface area contributed by atoms with Crippen molar-refractivity contribution in [2.45, 2.75) is 100 Å². The Balaban J connectivity index is 1.18. The third-order valence-corrected chi connectivity index (χ3v) is 13.7. The van der Waals surface area contributed by atoms with Gasteiger partial charge >= 0.3 is 0 Å². The molecule has 2 saturated carbocycles. The standard InChI is InChI=1S/C37H49FN6O7S/c1-23-8-4-5-9-25-20-37(25,34(47)42-52(48,49)36(22-38)12-13-36)41-32(46)30-19-27(21-44(30)31(45)17-24(2)16-23)51-33-28-11-10-26(50-3)18-29(28)39-35(40-33)43-14-6-7-15-43/h5,9-11,18,23-25,27,30H,4,6-8,12-17,19-22H2,1-3H3,(H,41,46)(H,42,47)/b9-5-/t23-,24-,25-,27-,30+,37-/m1/s1. The molecule has 15 heteroatoms. The van der Waals surface area contributed by atoms with Gasteiger partial charge in [-0.3, -0.25) is 19.1 Å². The molecule has 0 unspecified atom stereocenters. The zero-order chi connectivity index (χ0) is 36.8. The van der Waals surface area contributed by atoms with Crippen molar-refractivity contribution in [3.8, 4) is 11.6 Å². The van der Waals surface area contributed by atoms with E-state index >= 15 is 0 Å². The average molecular weight is 741 g/mol. The van der Waals surface area contributed by atoms with E-state index in [9.17, 15) is 27.2 Å². The van der Waals surface area contributed by atoms with Crippen molar-refractivity contribution >= 4 is 44.6 Å². The van der Waals surface area contributed by atoms with Gasteiger partial charge in [0, 0.05) is 37.9 Å². The Morgan fingerprint density at radius 1 is 1.12 bits per heavy atom. The van der Waals surface area contributed by atoms with Crippen LogP contribution in [0.4, 0.5) is 10.3 Å². The number of rotatable bonds is 8. The van der Waals surface area contributed by atoms with E-state index in [0.29, 0.717) is 34.4 Å². The Morgan fingerprint density at radius 2 is 1.88 bits per heavy atom. The maximum absolute atomic E-state index is 14.3. The second-order valence-corrected chi connectivity index (χ2v) is 17.7. The fourth-order valence-electron chi connectivity index (χ4n) is 8.07. The van der Waals surface area contributed by atoms with Crippen LogP contribution in [0.5, 0.6) is 11.6 Å². The van der Waals surface area contributed by atoms with E-state index in [1.807, 2.05) is 31.2 Å². The molecular weight excluding hydrogens is 692 g/mol. The molecule has 4 fully saturated rings. The van der Waals surface area contributed by atoms with Crippen LogP contribution in [0.25, 0.3) is 10.9 Å². The van der Waals surface area contributed by atoms with Crippen molar-refractivity contribution in [2.24, 2.45) is 17.8 Å². The predicted molar refractivity (Wildman–Crippen MR) is 192 cm³/mol. The van der Waals surface area contributed by atoms with Crippen LogP contribution in [0, 0.1) is 17.8 Å². The number of nitrogens with one attached hydrogen (secondary N) is 2. The van der Waals surface area contributed by atoms with Crippen LogP contribution in [0.2, 0.25) is 0 Å². The fourth-order valence-corrected chi connectivity index (χ4v) is 9.50. The van der Waals surface area contributed by atoms with Gasteiger partial charge < -0.3 is 24.6 Å². The third kappa shape index (κ3) is 7.04. The van der Waals surface area contributed by atoms with Crippen LogP contribution in [0.15, 0.2) is 30.4 Å². The van der Waals surface area contributed by atoms with E-state index in [4.69, 9.17) is 19.4 Å². The number of halogens is 1. The number of nitrogens with zero attached hydrogens (tertiary/aromatic N) is 4. The van der Waals surface area contributed by atoms with Crippen molar-refractivity contribution < 1.29 is 36.7 Å². The number of benzene rings is 1. The lowest BCUT2D eigenvalue weighted by molar-refractivity contribution is -0.140. The number of ether oxygens (including phenoxy) is 2. The van der Waals surface area contributed by atoms with Crippen LogP contribution in [0.3, 0.4) is 0 Å². The van der Waals surface area contributed by atoms with Gasteiger partial charge in [0.2, 0.25) is 33.7 Å². The summed E-state index contributed by atoms with van der Waals surface area (Å²) >= 11 is 0. The quantitative estimate of drug-likeness (QED) is 0.381. The predicted octanol–water partition coefficient (Wildman–Crippen LogP) is 3.81. The number of aromatic nitrogens is 2. The number of amides is 3. The highest BCUT2D eigenvalue weighted by molar-refractivity contribution is 7.91. The molecule has 5 aliphatic rings. The summed E-state index contributed by atoms with van der Waals surface area (Å²) in [5.74, 6) is -0.184. The molecule has 52 heavy (non-hydrogen) atoms. The molecule has 2 aliphatic carbocycles. The number of fused-ring (bicyclic) bond motifs is 3. The molecule has 3 amide bonds. The molecule has 0 spiro atoms. The van der Waals surface area contributed by atoms with Gasteiger partial charge in [0.05, 0.1) is 24.6 Å². The van der Waals surface area contributed by atoms with E-state index < -0.39 is 56.9 Å². The number of hydrogen-bond donors (Lipinski definition) is 2. The second kappa shape index (κ2) is 14.1. The summed E-state index contributed by atoms with van der Waals surface area (Å²) in [6.07, 6.45) is 8.54. The van der Waals surface area contributed by atoms with Gasteiger partial charge in [-0.15, -0.1) is 0 Å². The van der Waals surface area contributed by atoms with E-state index in [1.165, 1.54) is 4.90 Å². The summed E-state index contributed by atoms with van der Waals surface area (Å²) in [6.45, 7) is 4.86. The van der Waals surface area contributed by atoms with Gasteiger partial charge in [0.1, 0.15) is 34.9 Å². The summed E-state index contributed by atoms with van der Waals surface area (Å²) in [5, 5.41) is 3.54. The lowest BCUT2D eigenvalue weighted by Gasteiger charge is -2.28. The molecule has 13 nitrogen and oxygen atoms in total. The van der Waals surface area contributed by atoms with Crippen molar-refractivity contribution in [1.29, 1.82) is 0 Å². The third-order valence-electron chi connectivity index (χ3n) is 11.5. The molecule has 2 N–H and O–H groups in total. The summed E-state index contributed by atoms with van der Waals surface area (Å²) in [5.41, 5.74) is -0.904. The number of alkyl halides is 1. The number of carbonyl (C=O) groups is 3. The number of hydrogen-bond acceptors (Lipinski definition) is 10. The number of anilines is 1. The maximum Gasteiger partial charge on any atom is 0.259 e. The van der Waals surface area contributed by atoms with E-state index in [-0.39, 0.29) is 50.5 Å². The van der Waals surface area contributed by atoms with Crippen molar-refractivity contribution in [1.82, 2.24) is 24.9 Å². The maximum atomic E-state index is 14.3. The van der Waals surface area contributed by atoms with Gasteiger partial charge in [-0.2, -0.15) is 4.98 Å². The SMILES string of the molecule is COc1ccc2c(O[C@@H]3C[C@H]4C(=O)N[C@]5(C(=O)NS(=O)(=O)C6(CF)CC6)C[C@H]5/C=C\CC[C@@H](C)C[C@@H](C)CC(=O)N4C3)nc(N3CCCC3)nc2c1. The van der Waals surface area contributed by atoms with Crippen LogP contribution < -0.4 is 24.4 Å². The lowest BCUT2D eigenvalue weighted by Crippen LogP contribution is -2.57. The molecule has 0 radical (unpaired) electrons. The molecule has 1 aromatic carbocycles. The second-order valence-electron chi connectivity index (χ2n) is 15.6. The molecule has 2 aromatic rings. The van der Waals surface area contributed by atoms with Crippen LogP contribution in [-0.2, 0) is 24.4 Å². The first-order valence-corrected chi connectivity index (χ1v) is 20.0. The smallest absolute Gasteiger partial charge is 0.259 e. The lowest BCUT2D eigenvalue weighted by atomic mass is 9.91. The Labute approximate surface area is 304 Å². The van der Waals surface area contributed by atoms with E-state index in [0.717, 1.165) is 45.2 Å². The zero-order valence-electron chi connectivity index (χ0n) is 30.1. The molecule has 3 aliphatic heterocycles. The normalized spacial score (nSPS) is 31.1. The zero-order valence-corrected chi connectivity index (χ0v) is 30.9. The molecule has 282 valence electrons. The first-order chi connectivity index (χ1) is 24.9. The number of carbonyl (C=O) groups excluding carboxylic acids is 3. The monoisotopic (exact) mass is 740 g/mol. The fraction of sp³-hybridized carbons (Fsp3) is 0.649. The van der Waals surface area contributed by atoms with Crippen molar-refractivity contribution in [3.63, 3.8) is 0 Å². The van der Waals surface area contributed by atoms with Gasteiger partial charge in [0.25, 0.3) is 5.91 Å². The highest BCUT2D eigenvalue weighted by Crippen LogP contribution is 2.48.